The van der Waals surface area contributed by atoms with Crippen LogP contribution in [0.4, 0.5) is 4.79 Å². The summed E-state index contributed by atoms with van der Waals surface area (Å²) in [5.74, 6) is 1.54. The van der Waals surface area contributed by atoms with Crippen LogP contribution in [0.15, 0.2) is 29.3 Å². The lowest BCUT2D eigenvalue weighted by molar-refractivity contribution is 0.0527. The molecule has 1 rings (SSSR count). The van der Waals surface area contributed by atoms with E-state index in [1.807, 2.05) is 45.0 Å². The maximum absolute atomic E-state index is 11.5. The zero-order valence-corrected chi connectivity index (χ0v) is 15.8. The average molecular weight is 350 g/mol. The Morgan fingerprint density at radius 1 is 1.16 bits per heavy atom. The number of nitrogens with zero attached hydrogens (tertiary/aromatic N) is 1. The van der Waals surface area contributed by atoms with Crippen LogP contribution in [-0.2, 0) is 11.3 Å². The number of carbonyl (C=O) groups excluding carboxylic acids is 1. The molecule has 7 nitrogen and oxygen atoms in total. The number of hydrogen-bond acceptors (Lipinski definition) is 4. The second-order valence-electron chi connectivity index (χ2n) is 6.49. The van der Waals surface area contributed by atoms with E-state index < -0.39 is 11.7 Å². The van der Waals surface area contributed by atoms with Crippen molar-refractivity contribution in [2.24, 2.45) is 4.99 Å². The van der Waals surface area contributed by atoms with Crippen molar-refractivity contribution in [1.29, 1.82) is 0 Å². The Morgan fingerprint density at radius 2 is 1.88 bits per heavy atom. The number of amides is 1. The molecular weight excluding hydrogens is 320 g/mol. The van der Waals surface area contributed by atoms with E-state index in [0.717, 1.165) is 17.7 Å². The maximum atomic E-state index is 11.5. The molecule has 0 saturated carbocycles. The molecule has 0 bridgehead atoms. The van der Waals surface area contributed by atoms with Crippen LogP contribution >= 0.6 is 0 Å². The second-order valence-corrected chi connectivity index (χ2v) is 6.49. The number of aliphatic imine (C=N–C) groups is 1. The predicted molar refractivity (Wildman–Crippen MR) is 100 cm³/mol. The largest absolute Gasteiger partial charge is 0.497 e. The summed E-state index contributed by atoms with van der Waals surface area (Å²) < 4.78 is 10.4. The molecule has 140 valence electrons. The maximum Gasteiger partial charge on any atom is 0.407 e. The summed E-state index contributed by atoms with van der Waals surface area (Å²) in [6.07, 6.45) is 0.368. The van der Waals surface area contributed by atoms with E-state index in [1.54, 1.807) is 14.2 Å². The number of nitrogens with one attached hydrogen (secondary N) is 3. The predicted octanol–water partition coefficient (Wildman–Crippen LogP) is 2.27. The first-order chi connectivity index (χ1) is 11.8. The van der Waals surface area contributed by atoms with Gasteiger partial charge < -0.3 is 25.4 Å². The average Bonchev–Trinajstić information content (AvgIpc) is 2.56. The number of ether oxygens (including phenoxy) is 2. The topological polar surface area (TPSA) is 84.0 Å². The van der Waals surface area contributed by atoms with Crippen LogP contribution in [0.3, 0.4) is 0 Å². The Hall–Kier alpha value is -2.44. The van der Waals surface area contributed by atoms with Crippen molar-refractivity contribution >= 4 is 12.1 Å². The van der Waals surface area contributed by atoms with E-state index >= 15 is 0 Å². The van der Waals surface area contributed by atoms with E-state index in [2.05, 4.69) is 20.9 Å². The van der Waals surface area contributed by atoms with Crippen LogP contribution in [0.5, 0.6) is 5.75 Å². The second kappa shape index (κ2) is 10.4. The number of hydrogen-bond donors (Lipinski definition) is 3. The highest BCUT2D eigenvalue weighted by atomic mass is 16.6. The third-order valence-electron chi connectivity index (χ3n) is 3.13. The summed E-state index contributed by atoms with van der Waals surface area (Å²) >= 11 is 0. The summed E-state index contributed by atoms with van der Waals surface area (Å²) in [6.45, 7) is 7.39. The van der Waals surface area contributed by atoms with Crippen LogP contribution in [0.2, 0.25) is 0 Å². The normalized spacial score (nSPS) is 11.6. The van der Waals surface area contributed by atoms with Gasteiger partial charge in [0.2, 0.25) is 0 Å². The highest BCUT2D eigenvalue weighted by Gasteiger charge is 2.15. The molecule has 1 aromatic carbocycles. The highest BCUT2D eigenvalue weighted by Crippen LogP contribution is 2.12. The molecule has 0 atom stereocenters. The van der Waals surface area contributed by atoms with E-state index in [0.29, 0.717) is 25.6 Å². The molecule has 0 saturated heterocycles. The fourth-order valence-electron chi connectivity index (χ4n) is 1.99. The molecule has 0 radical (unpaired) electrons. The van der Waals surface area contributed by atoms with Gasteiger partial charge in [-0.3, -0.25) is 4.99 Å². The number of guanidine groups is 1. The molecule has 0 aliphatic heterocycles. The number of rotatable bonds is 7. The molecule has 0 heterocycles. The Morgan fingerprint density at radius 3 is 2.52 bits per heavy atom. The zero-order chi connectivity index (χ0) is 18.7. The summed E-state index contributed by atoms with van der Waals surface area (Å²) in [5.41, 5.74) is 0.628. The van der Waals surface area contributed by atoms with Crippen molar-refractivity contribution in [2.45, 2.75) is 39.3 Å². The van der Waals surface area contributed by atoms with Gasteiger partial charge in [-0.2, -0.15) is 0 Å². The standard InChI is InChI=1S/C18H30N4O3/c1-18(2,3)25-17(23)21-11-7-10-20-16(19-4)22-13-14-8-6-9-15(12-14)24-5/h6,8-9,12H,7,10-11,13H2,1-5H3,(H,21,23)(H2,19,20,22). The Labute approximate surface area is 150 Å². The van der Waals surface area contributed by atoms with Gasteiger partial charge in [0.25, 0.3) is 0 Å². The monoisotopic (exact) mass is 350 g/mol. The summed E-state index contributed by atoms with van der Waals surface area (Å²) in [6, 6.07) is 7.86. The Bertz CT molecular complexity index is 568. The van der Waals surface area contributed by atoms with Crippen molar-refractivity contribution < 1.29 is 14.3 Å². The van der Waals surface area contributed by atoms with Crippen LogP contribution in [0.25, 0.3) is 0 Å². The fraction of sp³-hybridized carbons (Fsp3) is 0.556. The summed E-state index contributed by atoms with van der Waals surface area (Å²) in [5, 5.41) is 9.17. The fourth-order valence-corrected chi connectivity index (χ4v) is 1.99. The van der Waals surface area contributed by atoms with Gasteiger partial charge in [0.15, 0.2) is 5.96 Å². The minimum Gasteiger partial charge on any atom is -0.497 e. The van der Waals surface area contributed by atoms with Gasteiger partial charge in [-0.15, -0.1) is 0 Å². The lowest BCUT2D eigenvalue weighted by Gasteiger charge is -2.19. The lowest BCUT2D eigenvalue weighted by Crippen LogP contribution is -2.39. The zero-order valence-electron chi connectivity index (χ0n) is 15.8. The van der Waals surface area contributed by atoms with Gasteiger partial charge in [0.05, 0.1) is 7.11 Å². The third kappa shape index (κ3) is 9.44. The van der Waals surface area contributed by atoms with Crippen molar-refractivity contribution in [3.05, 3.63) is 29.8 Å². The van der Waals surface area contributed by atoms with Gasteiger partial charge in [-0.1, -0.05) is 12.1 Å². The number of carbonyl (C=O) groups is 1. The minimum atomic E-state index is -0.478. The van der Waals surface area contributed by atoms with Crippen LogP contribution in [0, 0.1) is 0 Å². The molecule has 25 heavy (non-hydrogen) atoms. The summed E-state index contributed by atoms with van der Waals surface area (Å²) in [4.78, 5) is 15.7. The van der Waals surface area contributed by atoms with Gasteiger partial charge in [-0.25, -0.2) is 4.79 Å². The molecule has 1 amide bonds. The molecular formula is C18H30N4O3. The Kier molecular flexibility index (Phi) is 8.60. The number of benzene rings is 1. The molecule has 3 N–H and O–H groups in total. The van der Waals surface area contributed by atoms with Crippen LogP contribution in [-0.4, -0.2) is 44.9 Å². The first kappa shape index (κ1) is 20.6. The smallest absolute Gasteiger partial charge is 0.407 e. The van der Waals surface area contributed by atoms with E-state index in [9.17, 15) is 4.79 Å². The highest BCUT2D eigenvalue weighted by molar-refractivity contribution is 5.79. The van der Waals surface area contributed by atoms with Crippen molar-refractivity contribution in [3.63, 3.8) is 0 Å². The molecule has 0 aliphatic rings. The van der Waals surface area contributed by atoms with Crippen LogP contribution in [0.1, 0.15) is 32.8 Å². The molecule has 0 aromatic heterocycles. The molecule has 0 aliphatic carbocycles. The minimum absolute atomic E-state index is 0.395. The third-order valence-corrected chi connectivity index (χ3v) is 3.13. The summed E-state index contributed by atoms with van der Waals surface area (Å²) in [7, 11) is 3.37. The first-order valence-electron chi connectivity index (χ1n) is 8.38. The molecule has 0 fully saturated rings. The van der Waals surface area contributed by atoms with Crippen molar-refractivity contribution in [1.82, 2.24) is 16.0 Å². The van der Waals surface area contributed by atoms with Gasteiger partial charge in [0, 0.05) is 26.7 Å². The Balaban J connectivity index is 2.23. The van der Waals surface area contributed by atoms with Crippen molar-refractivity contribution in [2.75, 3.05) is 27.2 Å². The molecule has 1 aromatic rings. The van der Waals surface area contributed by atoms with E-state index in [4.69, 9.17) is 9.47 Å². The van der Waals surface area contributed by atoms with Crippen molar-refractivity contribution in [3.8, 4) is 5.75 Å². The van der Waals surface area contributed by atoms with E-state index in [-0.39, 0.29) is 0 Å². The number of alkyl carbamates (subject to hydrolysis) is 1. The molecule has 0 unspecified atom stereocenters. The lowest BCUT2D eigenvalue weighted by atomic mass is 10.2. The van der Waals surface area contributed by atoms with Gasteiger partial charge in [-0.05, 0) is 44.9 Å². The SMILES string of the molecule is CN=C(NCCCNC(=O)OC(C)(C)C)NCc1cccc(OC)c1. The molecule has 0 spiro atoms. The number of methoxy groups -OCH3 is 1. The first-order valence-corrected chi connectivity index (χ1v) is 8.38. The van der Waals surface area contributed by atoms with E-state index in [1.165, 1.54) is 0 Å². The quantitative estimate of drug-likeness (QED) is 0.399. The van der Waals surface area contributed by atoms with Gasteiger partial charge in [0.1, 0.15) is 11.4 Å². The van der Waals surface area contributed by atoms with Crippen LogP contribution < -0.4 is 20.7 Å². The van der Waals surface area contributed by atoms with Gasteiger partial charge >= 0.3 is 6.09 Å². The molecule has 7 heteroatoms.